The Kier molecular flexibility index (Phi) is 7.25. The van der Waals surface area contributed by atoms with Gasteiger partial charge in [0.15, 0.2) is 5.76 Å². The molecule has 2 heterocycles. The monoisotopic (exact) mass is 383 g/mol. The van der Waals surface area contributed by atoms with E-state index in [1.165, 1.54) is 37.8 Å². The third-order valence-corrected chi connectivity index (χ3v) is 5.04. The number of rotatable bonds is 8. The molecular formula is C22H29N3O3. The largest absolute Gasteiger partial charge is 0.459 e. The number of nitrogens with one attached hydrogen (secondary N) is 2. The van der Waals surface area contributed by atoms with E-state index in [2.05, 4.69) is 46.7 Å². The lowest BCUT2D eigenvalue weighted by Crippen LogP contribution is -2.33. The molecule has 0 saturated carbocycles. The molecule has 0 spiro atoms. The molecule has 0 radical (unpaired) electrons. The number of carbonyl (C=O) groups excluding carboxylic acids is 2. The van der Waals surface area contributed by atoms with Gasteiger partial charge >= 0.3 is 0 Å². The van der Waals surface area contributed by atoms with Crippen molar-refractivity contribution in [3.63, 3.8) is 0 Å². The summed E-state index contributed by atoms with van der Waals surface area (Å²) >= 11 is 0. The van der Waals surface area contributed by atoms with E-state index >= 15 is 0 Å². The fraction of sp³-hybridized carbons (Fsp3) is 0.455. The van der Waals surface area contributed by atoms with Crippen molar-refractivity contribution in [2.45, 2.75) is 39.3 Å². The molecule has 1 aliphatic rings. The Labute approximate surface area is 166 Å². The van der Waals surface area contributed by atoms with Crippen LogP contribution in [-0.2, 0) is 17.9 Å². The number of amides is 2. The normalized spacial score (nSPS) is 17.2. The Hall–Kier alpha value is -2.60. The van der Waals surface area contributed by atoms with Gasteiger partial charge in [-0.3, -0.25) is 14.5 Å². The smallest absolute Gasteiger partial charge is 0.286 e. The zero-order valence-corrected chi connectivity index (χ0v) is 16.4. The summed E-state index contributed by atoms with van der Waals surface area (Å²) in [6, 6.07) is 11.7. The van der Waals surface area contributed by atoms with Gasteiger partial charge in [-0.2, -0.15) is 0 Å². The van der Waals surface area contributed by atoms with Crippen LogP contribution >= 0.6 is 0 Å². The van der Waals surface area contributed by atoms with Gasteiger partial charge in [0.25, 0.3) is 5.91 Å². The van der Waals surface area contributed by atoms with Gasteiger partial charge in [0, 0.05) is 32.6 Å². The van der Waals surface area contributed by atoms with E-state index in [0.29, 0.717) is 6.54 Å². The van der Waals surface area contributed by atoms with Crippen LogP contribution in [0.2, 0.25) is 0 Å². The van der Waals surface area contributed by atoms with Gasteiger partial charge in [-0.05, 0) is 48.6 Å². The zero-order valence-electron chi connectivity index (χ0n) is 16.4. The number of furan rings is 1. The first-order valence-electron chi connectivity index (χ1n) is 9.99. The minimum atomic E-state index is -0.309. The number of likely N-dealkylation sites (tertiary alicyclic amines) is 1. The zero-order chi connectivity index (χ0) is 19.8. The molecule has 1 aromatic heterocycles. The van der Waals surface area contributed by atoms with Crippen molar-refractivity contribution in [1.29, 1.82) is 0 Å². The molecule has 2 amide bonds. The molecule has 2 N–H and O–H groups in total. The van der Waals surface area contributed by atoms with Gasteiger partial charge in [-0.15, -0.1) is 0 Å². The molecule has 0 bridgehead atoms. The lowest BCUT2D eigenvalue weighted by atomic mass is 9.99. The molecule has 2 aromatic rings. The summed E-state index contributed by atoms with van der Waals surface area (Å²) in [5, 5.41) is 5.56. The second-order valence-corrected chi connectivity index (χ2v) is 7.56. The summed E-state index contributed by atoms with van der Waals surface area (Å²) in [4.78, 5) is 26.2. The maximum absolute atomic E-state index is 12.0. The van der Waals surface area contributed by atoms with Crippen LogP contribution in [0.15, 0.2) is 47.1 Å². The molecule has 1 fully saturated rings. The summed E-state index contributed by atoms with van der Waals surface area (Å²) in [5.41, 5.74) is 2.38. The molecular weight excluding hydrogens is 354 g/mol. The van der Waals surface area contributed by atoms with E-state index in [1.807, 2.05) is 0 Å². The van der Waals surface area contributed by atoms with Gasteiger partial charge in [0.1, 0.15) is 0 Å². The Balaban J connectivity index is 1.35. The number of nitrogens with zero attached hydrogens (tertiary/aromatic N) is 1. The minimum Gasteiger partial charge on any atom is -0.459 e. The predicted molar refractivity (Wildman–Crippen MR) is 108 cm³/mol. The van der Waals surface area contributed by atoms with Crippen molar-refractivity contribution < 1.29 is 14.0 Å². The third kappa shape index (κ3) is 6.23. The fourth-order valence-corrected chi connectivity index (χ4v) is 3.52. The molecule has 150 valence electrons. The van der Waals surface area contributed by atoms with Crippen LogP contribution in [0.1, 0.15) is 47.9 Å². The summed E-state index contributed by atoms with van der Waals surface area (Å²) in [6.07, 6.45) is 4.30. The number of carbonyl (C=O) groups is 2. The molecule has 1 aromatic carbocycles. The van der Waals surface area contributed by atoms with Gasteiger partial charge < -0.3 is 15.1 Å². The van der Waals surface area contributed by atoms with Crippen molar-refractivity contribution in [1.82, 2.24) is 15.5 Å². The minimum absolute atomic E-state index is 0.0916. The predicted octanol–water partition coefficient (Wildman–Crippen LogP) is 2.95. The third-order valence-electron chi connectivity index (χ3n) is 5.04. The van der Waals surface area contributed by atoms with Crippen molar-refractivity contribution in [2.75, 3.05) is 19.6 Å². The molecule has 3 rings (SSSR count). The van der Waals surface area contributed by atoms with E-state index in [9.17, 15) is 9.59 Å². The van der Waals surface area contributed by atoms with Gasteiger partial charge in [-0.1, -0.05) is 31.2 Å². The van der Waals surface area contributed by atoms with E-state index in [4.69, 9.17) is 4.42 Å². The fourth-order valence-electron chi connectivity index (χ4n) is 3.52. The maximum atomic E-state index is 12.0. The second kappa shape index (κ2) is 10.1. The van der Waals surface area contributed by atoms with Crippen LogP contribution in [0, 0.1) is 5.92 Å². The molecule has 6 heteroatoms. The first-order chi connectivity index (χ1) is 13.6. The van der Waals surface area contributed by atoms with Gasteiger partial charge in [0.2, 0.25) is 5.91 Å². The highest BCUT2D eigenvalue weighted by Crippen LogP contribution is 2.18. The van der Waals surface area contributed by atoms with E-state index in [0.717, 1.165) is 18.0 Å². The number of hydrogen-bond acceptors (Lipinski definition) is 4. The molecule has 1 aliphatic heterocycles. The average Bonchev–Trinajstić information content (AvgIpc) is 3.22. The molecule has 1 saturated heterocycles. The Morgan fingerprint density at radius 2 is 1.93 bits per heavy atom. The number of piperidine rings is 1. The Morgan fingerprint density at radius 1 is 1.14 bits per heavy atom. The van der Waals surface area contributed by atoms with Crippen LogP contribution in [0.25, 0.3) is 0 Å². The van der Waals surface area contributed by atoms with E-state index in [-0.39, 0.29) is 30.5 Å². The van der Waals surface area contributed by atoms with Crippen LogP contribution < -0.4 is 10.6 Å². The Morgan fingerprint density at radius 3 is 2.64 bits per heavy atom. The summed E-state index contributed by atoms with van der Waals surface area (Å²) in [6.45, 7) is 6.43. The van der Waals surface area contributed by atoms with E-state index < -0.39 is 0 Å². The Bertz CT molecular complexity index is 756. The highest BCUT2D eigenvalue weighted by Gasteiger charge is 2.16. The summed E-state index contributed by atoms with van der Waals surface area (Å²) in [7, 11) is 0. The highest BCUT2D eigenvalue weighted by molar-refractivity contribution is 5.91. The quantitative estimate of drug-likeness (QED) is 0.735. The number of benzene rings is 1. The van der Waals surface area contributed by atoms with Crippen molar-refractivity contribution >= 4 is 11.8 Å². The maximum Gasteiger partial charge on any atom is 0.286 e. The second-order valence-electron chi connectivity index (χ2n) is 7.56. The van der Waals surface area contributed by atoms with Crippen molar-refractivity contribution in [3.8, 4) is 0 Å². The summed E-state index contributed by atoms with van der Waals surface area (Å²) < 4.78 is 5.01. The average molecular weight is 383 g/mol. The van der Waals surface area contributed by atoms with Crippen LogP contribution in [0.3, 0.4) is 0 Å². The molecule has 0 aliphatic carbocycles. The topological polar surface area (TPSA) is 74.6 Å². The highest BCUT2D eigenvalue weighted by atomic mass is 16.3. The standard InChI is InChI=1S/C22H29N3O3/c1-17-4-2-12-25(15-17)16-19-8-6-18(7-9-19)14-24-21(26)10-11-23-22(27)20-5-3-13-28-20/h3,5-9,13,17H,2,4,10-12,14-16H2,1H3,(H,23,27)(H,24,26). The number of hydrogen-bond donors (Lipinski definition) is 2. The van der Waals surface area contributed by atoms with Crippen LogP contribution in [0.5, 0.6) is 0 Å². The first-order valence-corrected chi connectivity index (χ1v) is 9.99. The van der Waals surface area contributed by atoms with E-state index in [1.54, 1.807) is 12.1 Å². The van der Waals surface area contributed by atoms with Crippen LogP contribution in [0.4, 0.5) is 0 Å². The van der Waals surface area contributed by atoms with Gasteiger partial charge in [-0.25, -0.2) is 0 Å². The molecule has 1 atom stereocenters. The first kappa shape index (κ1) is 20.1. The van der Waals surface area contributed by atoms with Gasteiger partial charge in [0.05, 0.1) is 6.26 Å². The molecule has 1 unspecified atom stereocenters. The SMILES string of the molecule is CC1CCCN(Cc2ccc(CNC(=O)CCNC(=O)c3ccco3)cc2)C1. The molecule has 28 heavy (non-hydrogen) atoms. The molecule has 6 nitrogen and oxygen atoms in total. The van der Waals surface area contributed by atoms with Crippen molar-refractivity contribution in [2.24, 2.45) is 5.92 Å². The van der Waals surface area contributed by atoms with Crippen molar-refractivity contribution in [3.05, 3.63) is 59.5 Å². The lowest BCUT2D eigenvalue weighted by Gasteiger charge is -2.30. The lowest BCUT2D eigenvalue weighted by molar-refractivity contribution is -0.121. The van der Waals surface area contributed by atoms with Crippen LogP contribution in [-0.4, -0.2) is 36.3 Å². The summed E-state index contributed by atoms with van der Waals surface area (Å²) in [5.74, 6) is 0.634.